The van der Waals surface area contributed by atoms with Crippen LogP contribution in [0.15, 0.2) is 72.8 Å². The van der Waals surface area contributed by atoms with Crippen LogP contribution in [0.4, 0.5) is 5.69 Å². The molecule has 1 aromatic heterocycles. The Balaban J connectivity index is 1.61. The molecule has 2 heterocycles. The molecule has 0 saturated carbocycles. The van der Waals surface area contributed by atoms with Crippen LogP contribution in [-0.2, 0) is 12.0 Å². The van der Waals surface area contributed by atoms with Gasteiger partial charge >= 0.3 is 0 Å². The number of allylic oxidation sites excluding steroid dienone is 1. The fourth-order valence-electron chi connectivity index (χ4n) is 5.17. The van der Waals surface area contributed by atoms with E-state index in [0.717, 1.165) is 6.54 Å². The van der Waals surface area contributed by atoms with Gasteiger partial charge in [-0.25, -0.2) is 0 Å². The molecule has 0 aliphatic carbocycles. The molecule has 0 amide bonds. The van der Waals surface area contributed by atoms with Crippen molar-refractivity contribution in [3.8, 4) is 0 Å². The standard InChI is InChI=1S/C28H29N2O/c1-4-29-24-11-7-5-9-21(24)22-19-20(13-15-25(22)29)14-16-27-28(2,3)23-10-6-8-12-26(23)30(27)17-18-31/h5-16,19,31H,4,17-18H2,1-3H3/q+1. The number of fused-ring (bicyclic) bond motifs is 4. The maximum atomic E-state index is 9.69. The molecule has 1 aliphatic heterocycles. The molecular formula is C28H29N2O+. The van der Waals surface area contributed by atoms with Crippen molar-refractivity contribution in [3.05, 3.63) is 83.9 Å². The molecule has 0 saturated heterocycles. The number of para-hydroxylation sites is 2. The smallest absolute Gasteiger partial charge is 0.209 e. The van der Waals surface area contributed by atoms with Crippen molar-refractivity contribution in [2.45, 2.75) is 32.7 Å². The highest BCUT2D eigenvalue weighted by Crippen LogP contribution is 2.40. The molecule has 0 bridgehead atoms. The molecule has 5 rings (SSSR count). The molecule has 4 aromatic rings. The second-order valence-corrected chi connectivity index (χ2v) is 8.77. The lowest BCUT2D eigenvalue weighted by Gasteiger charge is -2.15. The number of hydrogen-bond acceptors (Lipinski definition) is 1. The maximum Gasteiger partial charge on any atom is 0.209 e. The zero-order valence-electron chi connectivity index (χ0n) is 18.5. The van der Waals surface area contributed by atoms with Gasteiger partial charge in [0.05, 0.1) is 5.41 Å². The largest absolute Gasteiger partial charge is 0.390 e. The Kier molecular flexibility index (Phi) is 4.79. The highest BCUT2D eigenvalue weighted by atomic mass is 16.3. The molecule has 31 heavy (non-hydrogen) atoms. The lowest BCUT2D eigenvalue weighted by Crippen LogP contribution is -2.28. The van der Waals surface area contributed by atoms with E-state index in [4.69, 9.17) is 0 Å². The fourth-order valence-corrected chi connectivity index (χ4v) is 5.17. The molecule has 3 nitrogen and oxygen atoms in total. The molecule has 1 N–H and O–H groups in total. The first-order chi connectivity index (χ1) is 15.1. The Morgan fingerprint density at radius 2 is 1.65 bits per heavy atom. The Hall–Kier alpha value is -3.17. The van der Waals surface area contributed by atoms with E-state index >= 15 is 0 Å². The molecule has 1 aliphatic rings. The number of aliphatic hydroxyl groups excluding tert-OH is 1. The van der Waals surface area contributed by atoms with E-state index in [0.29, 0.717) is 6.54 Å². The van der Waals surface area contributed by atoms with Gasteiger partial charge in [-0.05, 0) is 50.6 Å². The first-order valence-electron chi connectivity index (χ1n) is 11.1. The van der Waals surface area contributed by atoms with Crippen LogP contribution in [0.5, 0.6) is 0 Å². The molecule has 156 valence electrons. The van der Waals surface area contributed by atoms with E-state index in [-0.39, 0.29) is 12.0 Å². The van der Waals surface area contributed by atoms with Gasteiger partial charge in [-0.2, -0.15) is 4.58 Å². The second-order valence-electron chi connectivity index (χ2n) is 8.77. The average molecular weight is 410 g/mol. The number of benzene rings is 3. The molecule has 0 spiro atoms. The number of rotatable bonds is 5. The van der Waals surface area contributed by atoms with Crippen LogP contribution in [0.2, 0.25) is 0 Å². The molecule has 0 unspecified atom stereocenters. The van der Waals surface area contributed by atoms with E-state index in [2.05, 4.69) is 109 Å². The monoisotopic (exact) mass is 409 g/mol. The summed E-state index contributed by atoms with van der Waals surface area (Å²) in [4.78, 5) is 0. The number of hydrogen-bond donors (Lipinski definition) is 1. The average Bonchev–Trinajstić information content (AvgIpc) is 3.21. The van der Waals surface area contributed by atoms with Gasteiger partial charge in [0.2, 0.25) is 5.69 Å². The van der Waals surface area contributed by atoms with Crippen LogP contribution >= 0.6 is 0 Å². The minimum Gasteiger partial charge on any atom is -0.390 e. The Bertz CT molecular complexity index is 1350. The summed E-state index contributed by atoms with van der Waals surface area (Å²) in [5.74, 6) is 0. The third kappa shape index (κ3) is 3.03. The topological polar surface area (TPSA) is 28.2 Å². The second kappa shape index (κ2) is 7.51. The van der Waals surface area contributed by atoms with Gasteiger partial charge in [0.15, 0.2) is 12.3 Å². The van der Waals surface area contributed by atoms with Gasteiger partial charge in [-0.1, -0.05) is 42.5 Å². The van der Waals surface area contributed by atoms with E-state index in [9.17, 15) is 5.11 Å². The summed E-state index contributed by atoms with van der Waals surface area (Å²) in [5.41, 5.74) is 7.38. The summed E-state index contributed by atoms with van der Waals surface area (Å²) in [7, 11) is 0. The molecule has 3 aromatic carbocycles. The van der Waals surface area contributed by atoms with Crippen molar-refractivity contribution in [1.29, 1.82) is 0 Å². The summed E-state index contributed by atoms with van der Waals surface area (Å²) in [6, 6.07) is 23.9. The van der Waals surface area contributed by atoms with E-state index in [1.54, 1.807) is 0 Å². The van der Waals surface area contributed by atoms with E-state index in [1.807, 2.05) is 0 Å². The lowest BCUT2D eigenvalue weighted by molar-refractivity contribution is -0.440. The Labute approximate surface area is 183 Å². The predicted molar refractivity (Wildman–Crippen MR) is 131 cm³/mol. The summed E-state index contributed by atoms with van der Waals surface area (Å²) < 4.78 is 4.64. The summed E-state index contributed by atoms with van der Waals surface area (Å²) >= 11 is 0. The molecule has 0 atom stereocenters. The predicted octanol–water partition coefficient (Wildman–Crippen LogP) is 5.90. The van der Waals surface area contributed by atoms with Crippen molar-refractivity contribution in [1.82, 2.24) is 4.57 Å². The first kappa shape index (κ1) is 19.8. The van der Waals surface area contributed by atoms with Crippen LogP contribution in [0.25, 0.3) is 27.9 Å². The quantitative estimate of drug-likeness (QED) is 0.409. The van der Waals surface area contributed by atoms with Crippen LogP contribution in [-0.4, -0.2) is 33.1 Å². The third-order valence-electron chi connectivity index (χ3n) is 6.67. The van der Waals surface area contributed by atoms with Crippen molar-refractivity contribution >= 4 is 39.3 Å². The SMILES string of the molecule is CCn1c2ccccc2c2cc(/C=C/C3=[N+](CCO)c4ccccc4C3(C)C)ccc21. The summed E-state index contributed by atoms with van der Waals surface area (Å²) in [6.45, 7) is 8.42. The number of aryl methyl sites for hydroxylation is 1. The zero-order chi connectivity index (χ0) is 21.6. The van der Waals surface area contributed by atoms with Gasteiger partial charge in [-0.3, -0.25) is 0 Å². The van der Waals surface area contributed by atoms with E-state index < -0.39 is 0 Å². The minimum atomic E-state index is -0.107. The van der Waals surface area contributed by atoms with Crippen molar-refractivity contribution in [3.63, 3.8) is 0 Å². The number of nitrogens with zero attached hydrogens (tertiary/aromatic N) is 2. The summed E-state index contributed by atoms with van der Waals surface area (Å²) in [6.07, 6.45) is 4.45. The molecule has 0 radical (unpaired) electrons. The molecule has 3 heteroatoms. The van der Waals surface area contributed by atoms with Gasteiger partial charge in [-0.15, -0.1) is 0 Å². The minimum absolute atomic E-state index is 0.107. The van der Waals surface area contributed by atoms with Crippen LogP contribution in [0.3, 0.4) is 0 Å². The van der Waals surface area contributed by atoms with Crippen molar-refractivity contribution in [2.75, 3.05) is 13.2 Å². The van der Waals surface area contributed by atoms with Crippen molar-refractivity contribution < 1.29 is 9.68 Å². The van der Waals surface area contributed by atoms with Crippen molar-refractivity contribution in [2.24, 2.45) is 0 Å². The van der Waals surface area contributed by atoms with Crippen LogP contribution in [0.1, 0.15) is 31.9 Å². The zero-order valence-corrected chi connectivity index (χ0v) is 18.5. The van der Waals surface area contributed by atoms with Crippen LogP contribution in [0, 0.1) is 0 Å². The number of β-amino-alcohol motifs (C(OH)–C–C–N with tert-alkyl or cyclic N) is 1. The highest BCUT2D eigenvalue weighted by Gasteiger charge is 2.43. The van der Waals surface area contributed by atoms with Gasteiger partial charge in [0, 0.05) is 46.1 Å². The fraction of sp³-hybridized carbons (Fsp3) is 0.250. The van der Waals surface area contributed by atoms with Gasteiger partial charge in [0.1, 0.15) is 6.61 Å². The molecular weight excluding hydrogens is 380 g/mol. The highest BCUT2D eigenvalue weighted by molar-refractivity contribution is 6.09. The Morgan fingerprint density at radius 1 is 0.903 bits per heavy atom. The lowest BCUT2D eigenvalue weighted by atomic mass is 9.81. The first-order valence-corrected chi connectivity index (χ1v) is 11.1. The maximum absolute atomic E-state index is 9.69. The number of aromatic nitrogens is 1. The normalized spacial score (nSPS) is 15.5. The van der Waals surface area contributed by atoms with Crippen LogP contribution < -0.4 is 0 Å². The van der Waals surface area contributed by atoms with Gasteiger partial charge in [0.25, 0.3) is 0 Å². The third-order valence-corrected chi connectivity index (χ3v) is 6.67. The molecule has 0 fully saturated rings. The van der Waals surface area contributed by atoms with E-state index in [1.165, 1.54) is 44.3 Å². The Morgan fingerprint density at radius 3 is 2.45 bits per heavy atom. The summed E-state index contributed by atoms with van der Waals surface area (Å²) in [5, 5.41) is 12.3. The van der Waals surface area contributed by atoms with Gasteiger partial charge < -0.3 is 9.67 Å². The number of aliphatic hydroxyl groups is 1.